The molecule has 1 aliphatic carbocycles. The van der Waals surface area contributed by atoms with Gasteiger partial charge in [-0.1, -0.05) is 13.8 Å². The van der Waals surface area contributed by atoms with Crippen molar-refractivity contribution in [3.05, 3.63) is 0 Å². The molecule has 0 aromatic rings. The molecule has 2 amide bonds. The first-order valence-corrected chi connectivity index (χ1v) is 6.71. The van der Waals surface area contributed by atoms with Crippen LogP contribution in [0.2, 0.25) is 0 Å². The van der Waals surface area contributed by atoms with Crippen LogP contribution in [-0.4, -0.2) is 29.8 Å². The van der Waals surface area contributed by atoms with E-state index in [1.807, 2.05) is 0 Å². The molecule has 0 heterocycles. The molecule has 17 heavy (non-hydrogen) atoms. The van der Waals surface area contributed by atoms with Gasteiger partial charge >= 0.3 is 6.03 Å². The number of aliphatic hydroxyl groups is 1. The number of carbonyl (C=O) groups excluding carboxylic acids is 1. The van der Waals surface area contributed by atoms with E-state index in [4.69, 9.17) is 5.11 Å². The molecule has 0 unspecified atom stereocenters. The molecule has 100 valence electrons. The summed E-state index contributed by atoms with van der Waals surface area (Å²) in [5.74, 6) is 1.46. The Morgan fingerprint density at radius 2 is 2.06 bits per heavy atom. The average molecular weight is 242 g/mol. The van der Waals surface area contributed by atoms with E-state index in [0.717, 1.165) is 18.8 Å². The van der Waals surface area contributed by atoms with Crippen LogP contribution in [-0.2, 0) is 0 Å². The number of aliphatic hydroxyl groups excluding tert-OH is 1. The zero-order chi connectivity index (χ0) is 12.8. The number of amides is 2. The Labute approximate surface area is 104 Å². The highest BCUT2D eigenvalue weighted by atomic mass is 16.3. The fourth-order valence-electron chi connectivity index (χ4n) is 2.31. The van der Waals surface area contributed by atoms with Crippen LogP contribution in [0, 0.1) is 11.8 Å². The van der Waals surface area contributed by atoms with Crippen LogP contribution in [0.3, 0.4) is 0 Å². The van der Waals surface area contributed by atoms with Gasteiger partial charge in [0.15, 0.2) is 0 Å². The Morgan fingerprint density at radius 3 is 2.65 bits per heavy atom. The van der Waals surface area contributed by atoms with Gasteiger partial charge < -0.3 is 15.7 Å². The lowest BCUT2D eigenvalue weighted by Gasteiger charge is -2.32. The minimum Gasteiger partial charge on any atom is -0.393 e. The van der Waals surface area contributed by atoms with Crippen molar-refractivity contribution in [2.45, 2.75) is 58.6 Å². The number of hydrogen-bond acceptors (Lipinski definition) is 2. The number of carbonyl (C=O) groups is 1. The summed E-state index contributed by atoms with van der Waals surface area (Å²) in [4.78, 5) is 11.6. The highest BCUT2D eigenvalue weighted by Gasteiger charge is 2.25. The van der Waals surface area contributed by atoms with Gasteiger partial charge in [-0.3, -0.25) is 0 Å². The zero-order valence-electron chi connectivity index (χ0n) is 11.2. The van der Waals surface area contributed by atoms with E-state index in [1.54, 1.807) is 6.92 Å². The standard InChI is InChI=1S/C13H26N2O2/c1-9-4-5-12(8-10(9)2)15-13(17)14-7-6-11(3)16/h9-12,16H,4-8H2,1-3H3,(H2,14,15,17)/t9-,10+,11+,12-/m1/s1. The molecular weight excluding hydrogens is 216 g/mol. The molecule has 1 fully saturated rings. The summed E-state index contributed by atoms with van der Waals surface area (Å²) in [6.07, 6.45) is 3.59. The lowest BCUT2D eigenvalue weighted by Crippen LogP contribution is -2.45. The maximum absolute atomic E-state index is 11.6. The molecule has 0 saturated heterocycles. The van der Waals surface area contributed by atoms with Crippen molar-refractivity contribution >= 4 is 6.03 Å². The highest BCUT2D eigenvalue weighted by Crippen LogP contribution is 2.29. The molecule has 0 aliphatic heterocycles. The Kier molecular flexibility index (Phi) is 5.75. The lowest BCUT2D eigenvalue weighted by molar-refractivity contribution is 0.181. The minimum absolute atomic E-state index is 0.0996. The van der Waals surface area contributed by atoms with Crippen LogP contribution >= 0.6 is 0 Å². The van der Waals surface area contributed by atoms with Crippen molar-refractivity contribution in [3.63, 3.8) is 0 Å². The predicted molar refractivity (Wildman–Crippen MR) is 68.8 cm³/mol. The lowest BCUT2D eigenvalue weighted by atomic mass is 9.79. The average Bonchev–Trinajstić information content (AvgIpc) is 2.23. The van der Waals surface area contributed by atoms with Gasteiger partial charge in [0.05, 0.1) is 6.10 Å². The first-order chi connectivity index (χ1) is 7.99. The second-order valence-corrected chi connectivity index (χ2v) is 5.50. The monoisotopic (exact) mass is 242 g/mol. The summed E-state index contributed by atoms with van der Waals surface area (Å²) in [6.45, 7) is 6.79. The minimum atomic E-state index is -0.356. The molecule has 0 radical (unpaired) electrons. The van der Waals surface area contributed by atoms with Gasteiger partial charge in [-0.15, -0.1) is 0 Å². The molecule has 4 heteroatoms. The van der Waals surface area contributed by atoms with Crippen molar-refractivity contribution in [1.82, 2.24) is 10.6 Å². The number of hydrogen-bond donors (Lipinski definition) is 3. The molecule has 4 nitrogen and oxygen atoms in total. The molecule has 1 saturated carbocycles. The van der Waals surface area contributed by atoms with Crippen LogP contribution in [0.1, 0.15) is 46.5 Å². The summed E-state index contributed by atoms with van der Waals surface area (Å²) in [6, 6.07) is 0.213. The van der Waals surface area contributed by atoms with Gasteiger partial charge in [0.2, 0.25) is 0 Å². The van der Waals surface area contributed by atoms with Crippen LogP contribution < -0.4 is 10.6 Å². The highest BCUT2D eigenvalue weighted by molar-refractivity contribution is 5.74. The van der Waals surface area contributed by atoms with E-state index < -0.39 is 0 Å². The van der Waals surface area contributed by atoms with Crippen LogP contribution in [0.4, 0.5) is 4.79 Å². The molecular formula is C13H26N2O2. The van der Waals surface area contributed by atoms with Gasteiger partial charge in [0.25, 0.3) is 0 Å². The molecule has 1 aliphatic rings. The van der Waals surface area contributed by atoms with E-state index in [2.05, 4.69) is 24.5 Å². The van der Waals surface area contributed by atoms with Crippen molar-refractivity contribution in [3.8, 4) is 0 Å². The SMILES string of the molecule is C[C@H](O)CCNC(=O)N[C@@H]1CC[C@@H](C)[C@@H](C)C1. The third-order valence-electron chi connectivity index (χ3n) is 3.78. The van der Waals surface area contributed by atoms with Crippen molar-refractivity contribution in [2.24, 2.45) is 11.8 Å². The van der Waals surface area contributed by atoms with Gasteiger partial charge in [-0.2, -0.15) is 0 Å². The van der Waals surface area contributed by atoms with Crippen molar-refractivity contribution < 1.29 is 9.90 Å². The van der Waals surface area contributed by atoms with Crippen molar-refractivity contribution in [1.29, 1.82) is 0 Å². The molecule has 0 aromatic heterocycles. The second-order valence-electron chi connectivity index (χ2n) is 5.50. The Bertz CT molecular complexity index is 244. The molecule has 0 aromatic carbocycles. The predicted octanol–water partition coefficient (Wildman–Crippen LogP) is 1.88. The van der Waals surface area contributed by atoms with E-state index in [9.17, 15) is 4.79 Å². The van der Waals surface area contributed by atoms with Gasteiger partial charge in [0, 0.05) is 12.6 Å². The largest absolute Gasteiger partial charge is 0.393 e. The fourth-order valence-corrected chi connectivity index (χ4v) is 2.31. The second kappa shape index (κ2) is 6.84. The van der Waals surface area contributed by atoms with E-state index in [0.29, 0.717) is 24.9 Å². The number of urea groups is 1. The maximum atomic E-state index is 11.6. The molecule has 4 atom stereocenters. The van der Waals surface area contributed by atoms with Crippen molar-refractivity contribution in [2.75, 3.05) is 6.54 Å². The van der Waals surface area contributed by atoms with Gasteiger partial charge in [-0.25, -0.2) is 4.79 Å². The fraction of sp³-hybridized carbons (Fsp3) is 0.923. The molecule has 0 bridgehead atoms. The smallest absolute Gasteiger partial charge is 0.315 e. The van der Waals surface area contributed by atoms with E-state index in [-0.39, 0.29) is 12.1 Å². The first kappa shape index (κ1) is 14.3. The van der Waals surface area contributed by atoms with E-state index in [1.165, 1.54) is 6.42 Å². The molecule has 0 spiro atoms. The summed E-state index contributed by atoms with van der Waals surface area (Å²) in [5, 5.41) is 14.9. The van der Waals surface area contributed by atoms with Gasteiger partial charge in [-0.05, 0) is 44.4 Å². The van der Waals surface area contributed by atoms with E-state index >= 15 is 0 Å². The summed E-state index contributed by atoms with van der Waals surface area (Å²) < 4.78 is 0. The van der Waals surface area contributed by atoms with Crippen LogP contribution in [0.5, 0.6) is 0 Å². The van der Waals surface area contributed by atoms with Gasteiger partial charge in [0.1, 0.15) is 0 Å². The Morgan fingerprint density at radius 1 is 1.35 bits per heavy atom. The summed E-state index contributed by atoms with van der Waals surface area (Å²) >= 11 is 0. The summed E-state index contributed by atoms with van der Waals surface area (Å²) in [5.41, 5.74) is 0. The molecule has 1 rings (SSSR count). The van der Waals surface area contributed by atoms with Crippen LogP contribution in [0.15, 0.2) is 0 Å². The Hall–Kier alpha value is -0.770. The number of rotatable bonds is 4. The zero-order valence-corrected chi connectivity index (χ0v) is 11.2. The normalized spacial score (nSPS) is 30.7. The Balaban J connectivity index is 2.18. The summed E-state index contributed by atoms with van der Waals surface area (Å²) in [7, 11) is 0. The molecule has 3 N–H and O–H groups in total. The third kappa shape index (κ3) is 5.39. The number of nitrogens with one attached hydrogen (secondary N) is 2. The third-order valence-corrected chi connectivity index (χ3v) is 3.78. The quantitative estimate of drug-likeness (QED) is 0.705. The topological polar surface area (TPSA) is 61.4 Å². The first-order valence-electron chi connectivity index (χ1n) is 6.71. The van der Waals surface area contributed by atoms with Crippen LogP contribution in [0.25, 0.3) is 0 Å². The maximum Gasteiger partial charge on any atom is 0.315 e.